The Hall–Kier alpha value is -1.83. The second kappa shape index (κ2) is 10.8. The molecule has 0 saturated carbocycles. The number of carbonyl (C=O) groups excluding carboxylic acids is 2. The Kier molecular flexibility index (Phi) is 9.39. The number of carbonyl (C=O) groups is 2. The molecule has 1 atom stereocenters. The van der Waals surface area contributed by atoms with Crippen LogP contribution < -0.4 is 5.56 Å². The summed E-state index contributed by atoms with van der Waals surface area (Å²) in [6, 6.07) is 0. The number of nitrogens with zero attached hydrogens (tertiary/aromatic N) is 2. The molecule has 0 aliphatic heterocycles. The van der Waals surface area contributed by atoms with Crippen molar-refractivity contribution in [2.45, 2.75) is 66.7 Å². The van der Waals surface area contributed by atoms with E-state index in [-0.39, 0.29) is 29.0 Å². The molecule has 29 heavy (non-hydrogen) atoms. The van der Waals surface area contributed by atoms with Gasteiger partial charge in [0, 0.05) is 13.5 Å². The summed E-state index contributed by atoms with van der Waals surface area (Å²) in [6.07, 6.45) is 3.66. The molecule has 1 aromatic rings. The normalized spacial score (nSPS) is 13.6. The minimum absolute atomic E-state index is 0.0338. The average molecular weight is 429 g/mol. The van der Waals surface area contributed by atoms with Gasteiger partial charge in [-0.25, -0.2) is 0 Å². The fourth-order valence-corrected chi connectivity index (χ4v) is 3.46. The molecule has 0 radical (unpaired) electrons. The quantitative estimate of drug-likeness (QED) is 0.312. The molecule has 0 spiro atoms. The van der Waals surface area contributed by atoms with Crippen molar-refractivity contribution >= 4 is 24.1 Å². The maximum atomic E-state index is 13.6. The largest absolute Gasteiger partial charge is 0.465 e. The third-order valence-electron chi connectivity index (χ3n) is 5.35. The number of aromatic nitrogens is 2. The highest BCUT2D eigenvalue weighted by atomic mass is 32.1. The molecular formula is C21H33FN2O4S. The van der Waals surface area contributed by atoms with E-state index in [2.05, 4.69) is 13.8 Å². The van der Waals surface area contributed by atoms with Crippen molar-refractivity contribution in [3.05, 3.63) is 27.1 Å². The molecule has 1 rings (SSSR count). The third-order valence-corrected chi connectivity index (χ3v) is 5.82. The van der Waals surface area contributed by atoms with Crippen molar-refractivity contribution in [2.24, 2.45) is 24.3 Å². The number of rotatable bonds is 10. The number of halogens is 1. The van der Waals surface area contributed by atoms with Crippen LogP contribution >= 0.6 is 12.2 Å². The van der Waals surface area contributed by atoms with Gasteiger partial charge in [0.1, 0.15) is 0 Å². The van der Waals surface area contributed by atoms with Crippen molar-refractivity contribution in [3.8, 4) is 0 Å². The van der Waals surface area contributed by atoms with E-state index in [9.17, 15) is 18.8 Å². The molecule has 0 aliphatic carbocycles. The van der Waals surface area contributed by atoms with Crippen molar-refractivity contribution < 1.29 is 18.7 Å². The van der Waals surface area contributed by atoms with E-state index in [1.165, 1.54) is 7.05 Å². The van der Waals surface area contributed by atoms with Crippen LogP contribution in [-0.2, 0) is 16.6 Å². The van der Waals surface area contributed by atoms with Crippen LogP contribution in [0, 0.1) is 27.8 Å². The first-order chi connectivity index (χ1) is 13.4. The predicted molar refractivity (Wildman–Crippen MR) is 113 cm³/mol. The summed E-state index contributed by atoms with van der Waals surface area (Å²) in [5.74, 6) is -0.983. The van der Waals surface area contributed by atoms with E-state index in [1.54, 1.807) is 0 Å². The standard InChI is InChI=1S/C21H33FN2O4S/c1-14(2)12-21(5,15(3)4)19(27)28-11-9-7-8-10-17(25)24-13-16(22)18(26)23(6)20(24)29/h13-15H,7-12H2,1-6H3. The Balaban J connectivity index is 2.48. The fraction of sp³-hybridized carbons (Fsp3) is 0.714. The summed E-state index contributed by atoms with van der Waals surface area (Å²) < 4.78 is 21.0. The van der Waals surface area contributed by atoms with Gasteiger partial charge in [-0.3, -0.25) is 23.5 Å². The van der Waals surface area contributed by atoms with E-state index in [1.807, 2.05) is 20.8 Å². The lowest BCUT2D eigenvalue weighted by atomic mass is 9.73. The van der Waals surface area contributed by atoms with Crippen LogP contribution in [0.15, 0.2) is 11.0 Å². The predicted octanol–water partition coefficient (Wildman–Crippen LogP) is 4.51. The van der Waals surface area contributed by atoms with E-state index in [4.69, 9.17) is 17.0 Å². The Morgan fingerprint density at radius 2 is 1.83 bits per heavy atom. The molecule has 1 unspecified atom stereocenters. The monoisotopic (exact) mass is 428 g/mol. The van der Waals surface area contributed by atoms with Crippen LogP contribution in [0.25, 0.3) is 0 Å². The van der Waals surface area contributed by atoms with Crippen LogP contribution in [0.2, 0.25) is 0 Å². The first kappa shape index (κ1) is 25.2. The smallest absolute Gasteiger partial charge is 0.312 e. The maximum absolute atomic E-state index is 13.6. The van der Waals surface area contributed by atoms with Gasteiger partial charge >= 0.3 is 5.97 Å². The van der Waals surface area contributed by atoms with Crippen molar-refractivity contribution in [1.29, 1.82) is 0 Å². The minimum atomic E-state index is -1.02. The van der Waals surface area contributed by atoms with Crippen LogP contribution in [0.3, 0.4) is 0 Å². The number of hydrogen-bond acceptors (Lipinski definition) is 5. The highest BCUT2D eigenvalue weighted by Gasteiger charge is 2.38. The van der Waals surface area contributed by atoms with Gasteiger partial charge in [-0.1, -0.05) is 27.7 Å². The van der Waals surface area contributed by atoms with E-state index >= 15 is 0 Å². The van der Waals surface area contributed by atoms with Crippen LogP contribution in [-0.4, -0.2) is 27.6 Å². The molecule has 6 nitrogen and oxygen atoms in total. The first-order valence-electron chi connectivity index (χ1n) is 10.1. The van der Waals surface area contributed by atoms with Gasteiger partial charge in [0.25, 0.3) is 5.56 Å². The van der Waals surface area contributed by atoms with Gasteiger partial charge in [0.05, 0.1) is 18.2 Å². The molecule has 1 heterocycles. The van der Waals surface area contributed by atoms with Gasteiger partial charge in [-0.15, -0.1) is 0 Å². The van der Waals surface area contributed by atoms with Gasteiger partial charge in [-0.05, 0) is 56.7 Å². The minimum Gasteiger partial charge on any atom is -0.465 e. The number of ether oxygens (including phenoxy) is 1. The molecule has 0 amide bonds. The van der Waals surface area contributed by atoms with E-state index < -0.39 is 16.8 Å². The van der Waals surface area contributed by atoms with E-state index in [0.29, 0.717) is 31.8 Å². The number of unbranched alkanes of at least 4 members (excludes halogenated alkanes) is 2. The second-order valence-electron chi connectivity index (χ2n) is 8.50. The van der Waals surface area contributed by atoms with Crippen LogP contribution in [0.1, 0.15) is 71.5 Å². The van der Waals surface area contributed by atoms with Crippen molar-refractivity contribution in [3.63, 3.8) is 0 Å². The summed E-state index contributed by atoms with van der Waals surface area (Å²) in [7, 11) is 1.33. The summed E-state index contributed by atoms with van der Waals surface area (Å²) in [5.41, 5.74) is -1.36. The molecule has 0 aromatic carbocycles. The second-order valence-corrected chi connectivity index (χ2v) is 8.87. The Labute approximate surface area is 177 Å². The van der Waals surface area contributed by atoms with Gasteiger partial charge in [-0.2, -0.15) is 4.39 Å². The molecule has 164 valence electrons. The molecule has 0 saturated heterocycles. The zero-order valence-corrected chi connectivity index (χ0v) is 19.1. The Morgan fingerprint density at radius 1 is 1.21 bits per heavy atom. The molecule has 8 heteroatoms. The lowest BCUT2D eigenvalue weighted by Crippen LogP contribution is -2.36. The first-order valence-corrected chi connectivity index (χ1v) is 10.5. The molecule has 0 bridgehead atoms. The average Bonchev–Trinajstić information content (AvgIpc) is 2.64. The summed E-state index contributed by atoms with van der Waals surface area (Å²) in [4.78, 5) is 36.3. The SMILES string of the molecule is CC(C)CC(C)(C(=O)OCCCCCC(=O)n1cc(F)c(=O)n(C)c1=S)C(C)C. The number of hydrogen-bond donors (Lipinski definition) is 0. The Morgan fingerprint density at radius 3 is 2.38 bits per heavy atom. The number of esters is 1. The van der Waals surface area contributed by atoms with Crippen LogP contribution in [0.5, 0.6) is 0 Å². The van der Waals surface area contributed by atoms with Gasteiger partial charge < -0.3 is 4.74 Å². The van der Waals surface area contributed by atoms with Crippen LogP contribution in [0.4, 0.5) is 4.39 Å². The topological polar surface area (TPSA) is 70.3 Å². The highest BCUT2D eigenvalue weighted by Crippen LogP contribution is 2.35. The maximum Gasteiger partial charge on any atom is 0.312 e. The summed E-state index contributed by atoms with van der Waals surface area (Å²) in [5, 5.41) is 0. The molecule has 1 aromatic heterocycles. The molecule has 0 aliphatic rings. The highest BCUT2D eigenvalue weighted by molar-refractivity contribution is 7.71. The molecule has 0 N–H and O–H groups in total. The summed E-state index contributed by atoms with van der Waals surface area (Å²) >= 11 is 5.03. The lowest BCUT2D eigenvalue weighted by Gasteiger charge is -2.32. The Bertz CT molecular complexity index is 844. The van der Waals surface area contributed by atoms with Gasteiger partial charge in [0.2, 0.25) is 11.7 Å². The van der Waals surface area contributed by atoms with Crippen molar-refractivity contribution in [1.82, 2.24) is 9.13 Å². The van der Waals surface area contributed by atoms with Gasteiger partial charge in [0.15, 0.2) is 4.77 Å². The van der Waals surface area contributed by atoms with Crippen molar-refractivity contribution in [2.75, 3.05) is 6.61 Å². The van der Waals surface area contributed by atoms with E-state index in [0.717, 1.165) is 21.8 Å². The zero-order chi connectivity index (χ0) is 22.4. The zero-order valence-electron chi connectivity index (χ0n) is 18.3. The summed E-state index contributed by atoms with van der Waals surface area (Å²) in [6.45, 7) is 10.5. The lowest BCUT2D eigenvalue weighted by molar-refractivity contribution is -0.159. The molecular weight excluding hydrogens is 395 g/mol. The molecule has 0 fully saturated rings. The third kappa shape index (κ3) is 6.59. The fourth-order valence-electron chi connectivity index (χ4n) is 3.22.